The first-order chi connectivity index (χ1) is 14.4. The number of carbonyl (C=O) groups is 1. The molecule has 0 bridgehead atoms. The Labute approximate surface area is 174 Å². The molecule has 0 saturated heterocycles. The molecule has 0 fully saturated rings. The van der Waals surface area contributed by atoms with Crippen LogP contribution in [0.1, 0.15) is 15.2 Å². The summed E-state index contributed by atoms with van der Waals surface area (Å²) in [4.78, 5) is 28.8. The van der Waals surface area contributed by atoms with Gasteiger partial charge in [0.2, 0.25) is 0 Å². The predicted molar refractivity (Wildman–Crippen MR) is 114 cm³/mol. The number of amides is 1. The highest BCUT2D eigenvalue weighted by atomic mass is 32.2. The SMILES string of the molecule is O=C(c1cccs1)N1CCc2ccc(NS(=O)(=O)c3ccc4oc(=O)[nH]c4c3)cc21. The van der Waals surface area contributed by atoms with E-state index >= 15 is 0 Å². The van der Waals surface area contributed by atoms with Crippen molar-refractivity contribution in [2.75, 3.05) is 16.2 Å². The van der Waals surface area contributed by atoms with E-state index in [1.807, 2.05) is 17.5 Å². The minimum Gasteiger partial charge on any atom is -0.408 e. The van der Waals surface area contributed by atoms with Crippen LogP contribution in [0.25, 0.3) is 11.1 Å². The summed E-state index contributed by atoms with van der Waals surface area (Å²) in [6.07, 6.45) is 0.712. The fourth-order valence-corrected chi connectivity index (χ4v) is 5.25. The van der Waals surface area contributed by atoms with E-state index in [-0.39, 0.29) is 16.4 Å². The quantitative estimate of drug-likeness (QED) is 0.505. The molecule has 152 valence electrons. The number of oxazole rings is 1. The van der Waals surface area contributed by atoms with Gasteiger partial charge in [0.25, 0.3) is 15.9 Å². The molecule has 1 aliphatic rings. The summed E-state index contributed by atoms with van der Waals surface area (Å²) in [5.74, 6) is -0.750. The maximum absolute atomic E-state index is 12.8. The van der Waals surface area contributed by atoms with E-state index in [1.54, 1.807) is 23.1 Å². The molecule has 2 aromatic heterocycles. The average Bonchev–Trinajstić information content (AvgIpc) is 3.45. The Morgan fingerprint density at radius 3 is 2.83 bits per heavy atom. The van der Waals surface area contributed by atoms with Gasteiger partial charge in [0.15, 0.2) is 5.58 Å². The first-order valence-electron chi connectivity index (χ1n) is 9.05. The standard InChI is InChI=1S/C20H15N3O5S2/c24-19(18-2-1-9-29-18)23-8-7-12-3-4-13(10-16(12)23)22-30(26,27)14-5-6-17-15(11-14)21-20(25)28-17/h1-6,9-11,22H,7-8H2,(H,21,25). The summed E-state index contributed by atoms with van der Waals surface area (Å²) in [5, 5.41) is 1.85. The fourth-order valence-electron chi connectivity index (χ4n) is 3.50. The van der Waals surface area contributed by atoms with Gasteiger partial charge in [-0.2, -0.15) is 0 Å². The number of nitrogens with one attached hydrogen (secondary N) is 2. The van der Waals surface area contributed by atoms with E-state index in [1.165, 1.54) is 29.5 Å². The minimum atomic E-state index is -3.91. The number of nitrogens with zero attached hydrogens (tertiary/aromatic N) is 1. The molecule has 3 heterocycles. The molecule has 10 heteroatoms. The number of thiophene rings is 1. The zero-order valence-electron chi connectivity index (χ0n) is 15.4. The summed E-state index contributed by atoms with van der Waals surface area (Å²) in [7, 11) is -3.91. The average molecular weight is 441 g/mol. The first kappa shape index (κ1) is 18.6. The van der Waals surface area contributed by atoms with Crippen molar-refractivity contribution < 1.29 is 17.6 Å². The molecular weight excluding hydrogens is 426 g/mol. The number of aromatic amines is 1. The number of anilines is 2. The Hall–Kier alpha value is -3.37. The van der Waals surface area contributed by atoms with Crippen molar-refractivity contribution >= 4 is 49.7 Å². The van der Waals surface area contributed by atoms with Crippen molar-refractivity contribution in [2.24, 2.45) is 0 Å². The highest BCUT2D eigenvalue weighted by Gasteiger charge is 2.27. The van der Waals surface area contributed by atoms with E-state index in [0.29, 0.717) is 34.7 Å². The van der Waals surface area contributed by atoms with E-state index in [9.17, 15) is 18.0 Å². The van der Waals surface area contributed by atoms with Crippen LogP contribution < -0.4 is 15.4 Å². The second-order valence-corrected chi connectivity index (χ2v) is 9.44. The van der Waals surface area contributed by atoms with Gasteiger partial charge in [0.1, 0.15) is 0 Å². The lowest BCUT2D eigenvalue weighted by Gasteiger charge is -2.17. The second kappa shape index (κ2) is 6.85. The van der Waals surface area contributed by atoms with Crippen molar-refractivity contribution in [3.05, 3.63) is 74.9 Å². The van der Waals surface area contributed by atoms with Crippen LogP contribution in [0.15, 0.2) is 68.0 Å². The monoisotopic (exact) mass is 441 g/mol. The fraction of sp³-hybridized carbons (Fsp3) is 0.100. The smallest absolute Gasteiger partial charge is 0.408 e. The van der Waals surface area contributed by atoms with Crippen molar-refractivity contribution in [3.8, 4) is 0 Å². The topological polar surface area (TPSA) is 112 Å². The van der Waals surface area contributed by atoms with Crippen LogP contribution in [0.5, 0.6) is 0 Å². The third-order valence-corrected chi connectivity index (χ3v) is 7.15. The molecule has 0 atom stereocenters. The number of hydrogen-bond donors (Lipinski definition) is 2. The van der Waals surface area contributed by atoms with Crippen LogP contribution in [-0.4, -0.2) is 25.9 Å². The molecule has 5 rings (SSSR count). The van der Waals surface area contributed by atoms with Crippen LogP contribution in [0.2, 0.25) is 0 Å². The van der Waals surface area contributed by atoms with Gasteiger partial charge in [-0.3, -0.25) is 14.5 Å². The molecule has 8 nitrogen and oxygen atoms in total. The lowest BCUT2D eigenvalue weighted by molar-refractivity contribution is 0.0993. The van der Waals surface area contributed by atoms with Gasteiger partial charge in [-0.15, -0.1) is 11.3 Å². The zero-order chi connectivity index (χ0) is 20.9. The molecule has 1 amide bonds. The third-order valence-electron chi connectivity index (χ3n) is 4.91. The van der Waals surface area contributed by atoms with Gasteiger partial charge in [-0.25, -0.2) is 13.2 Å². The Kier molecular flexibility index (Phi) is 4.26. The summed E-state index contributed by atoms with van der Waals surface area (Å²) in [5.41, 5.74) is 2.60. The molecule has 4 aromatic rings. The number of benzene rings is 2. The van der Waals surface area contributed by atoms with E-state index < -0.39 is 15.8 Å². The van der Waals surface area contributed by atoms with Crippen LogP contribution in [-0.2, 0) is 16.4 Å². The molecule has 1 aliphatic heterocycles. The van der Waals surface area contributed by atoms with Crippen LogP contribution in [0.3, 0.4) is 0 Å². The number of hydrogen-bond acceptors (Lipinski definition) is 6. The maximum atomic E-state index is 12.8. The summed E-state index contributed by atoms with van der Waals surface area (Å²) < 4.78 is 33.1. The maximum Gasteiger partial charge on any atom is 0.417 e. The Balaban J connectivity index is 1.45. The Morgan fingerprint density at radius 1 is 1.17 bits per heavy atom. The number of aromatic nitrogens is 1. The van der Waals surface area contributed by atoms with Gasteiger partial charge in [-0.1, -0.05) is 12.1 Å². The van der Waals surface area contributed by atoms with E-state index in [2.05, 4.69) is 9.71 Å². The minimum absolute atomic E-state index is 0.0148. The van der Waals surface area contributed by atoms with Crippen LogP contribution in [0.4, 0.5) is 11.4 Å². The van der Waals surface area contributed by atoms with E-state index in [0.717, 1.165) is 5.56 Å². The molecule has 30 heavy (non-hydrogen) atoms. The highest BCUT2D eigenvalue weighted by molar-refractivity contribution is 7.92. The Morgan fingerprint density at radius 2 is 2.03 bits per heavy atom. The normalized spacial score (nSPS) is 13.5. The van der Waals surface area contributed by atoms with Gasteiger partial charge in [0, 0.05) is 12.2 Å². The van der Waals surface area contributed by atoms with Gasteiger partial charge < -0.3 is 9.32 Å². The summed E-state index contributed by atoms with van der Waals surface area (Å²) >= 11 is 1.37. The zero-order valence-corrected chi connectivity index (χ0v) is 17.0. The first-order valence-corrected chi connectivity index (χ1v) is 11.4. The number of H-pyrrole nitrogens is 1. The number of sulfonamides is 1. The lowest BCUT2D eigenvalue weighted by Crippen LogP contribution is -2.28. The van der Waals surface area contributed by atoms with E-state index in [4.69, 9.17) is 4.42 Å². The molecule has 0 radical (unpaired) electrons. The van der Waals surface area contributed by atoms with Gasteiger partial charge in [0.05, 0.1) is 21.0 Å². The number of carbonyl (C=O) groups excluding carboxylic acids is 1. The van der Waals surface area contributed by atoms with Gasteiger partial charge >= 0.3 is 5.76 Å². The molecule has 0 spiro atoms. The summed E-state index contributed by atoms with van der Waals surface area (Å²) in [6.45, 7) is 0.548. The van der Waals surface area contributed by atoms with Crippen molar-refractivity contribution in [2.45, 2.75) is 11.3 Å². The third kappa shape index (κ3) is 3.19. The molecular formula is C20H15N3O5S2. The molecule has 2 aromatic carbocycles. The van der Waals surface area contributed by atoms with Gasteiger partial charge in [-0.05, 0) is 53.8 Å². The van der Waals surface area contributed by atoms with Crippen molar-refractivity contribution in [1.29, 1.82) is 0 Å². The second-order valence-electron chi connectivity index (χ2n) is 6.81. The summed E-state index contributed by atoms with van der Waals surface area (Å²) in [6, 6.07) is 12.9. The number of fused-ring (bicyclic) bond motifs is 2. The molecule has 2 N–H and O–H groups in total. The number of rotatable bonds is 4. The van der Waals surface area contributed by atoms with Crippen LogP contribution >= 0.6 is 11.3 Å². The highest BCUT2D eigenvalue weighted by Crippen LogP contribution is 2.33. The molecule has 0 saturated carbocycles. The molecule has 0 aliphatic carbocycles. The largest absolute Gasteiger partial charge is 0.417 e. The van der Waals surface area contributed by atoms with Crippen LogP contribution in [0, 0.1) is 0 Å². The predicted octanol–water partition coefficient (Wildman–Crippen LogP) is 3.19. The molecule has 0 unspecified atom stereocenters. The van der Waals surface area contributed by atoms with Crippen molar-refractivity contribution in [3.63, 3.8) is 0 Å². The van der Waals surface area contributed by atoms with Crippen molar-refractivity contribution in [1.82, 2.24) is 4.98 Å². The lowest BCUT2D eigenvalue weighted by atomic mass is 10.1. The Bertz CT molecular complexity index is 1430.